The Morgan fingerprint density at radius 2 is 2.05 bits per heavy atom. The van der Waals surface area contributed by atoms with Gasteiger partial charge in [0.2, 0.25) is 5.91 Å². The summed E-state index contributed by atoms with van der Waals surface area (Å²) in [5.41, 5.74) is 0. The summed E-state index contributed by atoms with van der Waals surface area (Å²) in [5.74, 6) is 0.155. The van der Waals surface area contributed by atoms with Crippen LogP contribution in [0, 0.1) is 0 Å². The van der Waals surface area contributed by atoms with Gasteiger partial charge in [-0.2, -0.15) is 0 Å². The number of halogens is 2. The lowest BCUT2D eigenvalue weighted by atomic mass is 10.0. The van der Waals surface area contributed by atoms with Crippen molar-refractivity contribution in [3.63, 3.8) is 0 Å². The molecule has 2 amide bonds. The fourth-order valence-electron chi connectivity index (χ4n) is 2.16. The summed E-state index contributed by atoms with van der Waals surface area (Å²) in [5, 5.41) is 2.99. The molecule has 0 saturated carbocycles. The lowest BCUT2D eigenvalue weighted by Gasteiger charge is -2.32. The maximum atomic E-state index is 12.4. The van der Waals surface area contributed by atoms with Gasteiger partial charge in [-0.05, 0) is 50.8 Å². The standard InChI is InChI=1S/C13H16Br2N2O2S/c1-2-11(18)16-8-3-5-17(6-4-8)13(19)10-7-9(14)12(15)20-10/h7-8H,2-6H2,1H3,(H,16,18). The third-order valence-corrected chi connectivity index (χ3v) is 6.57. The van der Waals surface area contributed by atoms with Crippen LogP contribution in [0.5, 0.6) is 0 Å². The van der Waals surface area contributed by atoms with Crippen molar-refractivity contribution < 1.29 is 9.59 Å². The summed E-state index contributed by atoms with van der Waals surface area (Å²) in [6.07, 6.45) is 2.16. The molecule has 110 valence electrons. The van der Waals surface area contributed by atoms with Crippen molar-refractivity contribution in [1.29, 1.82) is 0 Å². The summed E-state index contributed by atoms with van der Waals surface area (Å²) in [6, 6.07) is 2.05. The van der Waals surface area contributed by atoms with Crippen LogP contribution < -0.4 is 5.32 Å². The fraction of sp³-hybridized carbons (Fsp3) is 0.538. The lowest BCUT2D eigenvalue weighted by molar-refractivity contribution is -0.121. The number of amides is 2. The first-order valence-corrected chi connectivity index (χ1v) is 8.95. The van der Waals surface area contributed by atoms with Gasteiger partial charge in [-0.25, -0.2) is 0 Å². The number of carbonyl (C=O) groups excluding carboxylic acids is 2. The van der Waals surface area contributed by atoms with Crippen molar-refractivity contribution in [2.75, 3.05) is 13.1 Å². The second-order valence-corrected chi connectivity index (χ2v) is 7.94. The smallest absolute Gasteiger partial charge is 0.264 e. The van der Waals surface area contributed by atoms with E-state index >= 15 is 0 Å². The van der Waals surface area contributed by atoms with E-state index in [1.54, 1.807) is 0 Å². The molecule has 0 spiro atoms. The first kappa shape index (κ1) is 16.0. The van der Waals surface area contributed by atoms with Crippen molar-refractivity contribution in [3.05, 3.63) is 19.2 Å². The predicted molar refractivity (Wildman–Crippen MR) is 87.1 cm³/mol. The van der Waals surface area contributed by atoms with Gasteiger partial charge < -0.3 is 10.2 Å². The molecule has 0 bridgehead atoms. The molecule has 1 saturated heterocycles. The SMILES string of the molecule is CCC(=O)NC1CCN(C(=O)c2cc(Br)c(Br)s2)CC1. The van der Waals surface area contributed by atoms with E-state index in [0.29, 0.717) is 19.5 Å². The molecule has 1 N–H and O–H groups in total. The summed E-state index contributed by atoms with van der Waals surface area (Å²) < 4.78 is 1.85. The van der Waals surface area contributed by atoms with Crippen LogP contribution in [0.4, 0.5) is 0 Å². The molecule has 0 unspecified atom stereocenters. The van der Waals surface area contributed by atoms with Crippen molar-refractivity contribution >= 4 is 55.0 Å². The van der Waals surface area contributed by atoms with Crippen molar-refractivity contribution in [1.82, 2.24) is 10.2 Å². The minimum atomic E-state index is 0.0710. The van der Waals surface area contributed by atoms with Gasteiger partial charge in [0.05, 0.1) is 8.66 Å². The molecule has 0 aliphatic carbocycles. The van der Waals surface area contributed by atoms with Crippen LogP contribution in [-0.4, -0.2) is 35.8 Å². The van der Waals surface area contributed by atoms with Crippen LogP contribution in [0.3, 0.4) is 0 Å². The Morgan fingerprint density at radius 1 is 1.40 bits per heavy atom. The van der Waals surface area contributed by atoms with Crippen LogP contribution in [0.2, 0.25) is 0 Å². The molecule has 0 atom stereocenters. The summed E-state index contributed by atoms with van der Waals surface area (Å²) in [7, 11) is 0. The normalized spacial score (nSPS) is 16.2. The Balaban J connectivity index is 1.90. The van der Waals surface area contributed by atoms with Gasteiger partial charge >= 0.3 is 0 Å². The van der Waals surface area contributed by atoms with Crippen LogP contribution in [0.1, 0.15) is 35.9 Å². The zero-order chi connectivity index (χ0) is 14.7. The van der Waals surface area contributed by atoms with E-state index in [2.05, 4.69) is 37.2 Å². The van der Waals surface area contributed by atoms with Gasteiger partial charge in [0.25, 0.3) is 5.91 Å². The van der Waals surface area contributed by atoms with Gasteiger partial charge in [-0.1, -0.05) is 6.92 Å². The highest BCUT2D eigenvalue weighted by molar-refractivity contribution is 9.13. The average Bonchev–Trinajstić information content (AvgIpc) is 2.78. The highest BCUT2D eigenvalue weighted by atomic mass is 79.9. The highest BCUT2D eigenvalue weighted by Gasteiger charge is 2.25. The molecule has 7 heteroatoms. The maximum Gasteiger partial charge on any atom is 0.264 e. The number of piperidine rings is 1. The number of thiophene rings is 1. The number of hydrogen-bond donors (Lipinski definition) is 1. The minimum absolute atomic E-state index is 0.0710. The number of nitrogens with zero attached hydrogens (tertiary/aromatic N) is 1. The first-order valence-electron chi connectivity index (χ1n) is 6.54. The van der Waals surface area contributed by atoms with Crippen molar-refractivity contribution in [3.8, 4) is 0 Å². The molecule has 20 heavy (non-hydrogen) atoms. The molecule has 0 radical (unpaired) electrons. The van der Waals surface area contributed by atoms with Gasteiger partial charge in [0, 0.05) is 30.0 Å². The lowest BCUT2D eigenvalue weighted by Crippen LogP contribution is -2.46. The Labute approximate surface area is 139 Å². The van der Waals surface area contributed by atoms with Crippen molar-refractivity contribution in [2.45, 2.75) is 32.2 Å². The second-order valence-electron chi connectivity index (χ2n) is 4.72. The number of rotatable bonds is 3. The Kier molecular flexibility index (Phi) is 5.63. The number of hydrogen-bond acceptors (Lipinski definition) is 3. The molecule has 0 aromatic carbocycles. The van der Waals surface area contributed by atoms with E-state index in [1.807, 2.05) is 17.9 Å². The average molecular weight is 424 g/mol. The summed E-state index contributed by atoms with van der Waals surface area (Å²) in [6.45, 7) is 3.24. The summed E-state index contributed by atoms with van der Waals surface area (Å²) in [4.78, 5) is 26.3. The van der Waals surface area contributed by atoms with Crippen LogP contribution in [-0.2, 0) is 4.79 Å². The van der Waals surface area contributed by atoms with Crippen LogP contribution >= 0.6 is 43.2 Å². The topological polar surface area (TPSA) is 49.4 Å². The van der Waals surface area contributed by atoms with E-state index in [1.165, 1.54) is 11.3 Å². The molecule has 1 aromatic heterocycles. The molecule has 2 heterocycles. The summed E-state index contributed by atoms with van der Waals surface area (Å²) >= 11 is 8.24. The Hall–Kier alpha value is -0.400. The monoisotopic (exact) mass is 422 g/mol. The number of likely N-dealkylation sites (tertiary alicyclic amines) is 1. The zero-order valence-corrected chi connectivity index (χ0v) is 15.1. The van der Waals surface area contributed by atoms with E-state index in [4.69, 9.17) is 0 Å². The second kappa shape index (κ2) is 7.04. The molecule has 2 rings (SSSR count). The van der Waals surface area contributed by atoms with Gasteiger partial charge in [-0.15, -0.1) is 11.3 Å². The zero-order valence-electron chi connectivity index (χ0n) is 11.1. The van der Waals surface area contributed by atoms with Crippen LogP contribution in [0.25, 0.3) is 0 Å². The molecule has 1 aliphatic heterocycles. The molecule has 1 aromatic rings. The highest BCUT2D eigenvalue weighted by Crippen LogP contribution is 2.33. The molecule has 4 nitrogen and oxygen atoms in total. The number of carbonyl (C=O) groups is 2. The van der Waals surface area contributed by atoms with Gasteiger partial charge in [-0.3, -0.25) is 9.59 Å². The first-order chi connectivity index (χ1) is 9.51. The maximum absolute atomic E-state index is 12.4. The third-order valence-electron chi connectivity index (χ3n) is 3.32. The van der Waals surface area contributed by atoms with Crippen LogP contribution in [0.15, 0.2) is 14.3 Å². The Bertz CT molecular complexity index is 491. The van der Waals surface area contributed by atoms with Crippen molar-refractivity contribution in [2.24, 2.45) is 0 Å². The predicted octanol–water partition coefficient (Wildman–Crippen LogP) is 3.40. The third kappa shape index (κ3) is 3.83. The molecule has 1 fully saturated rings. The largest absolute Gasteiger partial charge is 0.353 e. The fourth-order valence-corrected chi connectivity index (χ4v) is 4.17. The Morgan fingerprint density at radius 3 is 2.55 bits per heavy atom. The molecule has 1 aliphatic rings. The molecular weight excluding hydrogens is 408 g/mol. The van der Waals surface area contributed by atoms with E-state index in [-0.39, 0.29) is 17.9 Å². The quantitative estimate of drug-likeness (QED) is 0.809. The molecular formula is C13H16Br2N2O2S. The van der Waals surface area contributed by atoms with Gasteiger partial charge in [0.15, 0.2) is 0 Å². The number of nitrogens with one attached hydrogen (secondary N) is 1. The van der Waals surface area contributed by atoms with Gasteiger partial charge in [0.1, 0.15) is 0 Å². The minimum Gasteiger partial charge on any atom is -0.353 e. The van der Waals surface area contributed by atoms with E-state index in [0.717, 1.165) is 26.0 Å². The van der Waals surface area contributed by atoms with E-state index in [9.17, 15) is 9.59 Å². The van der Waals surface area contributed by atoms with E-state index < -0.39 is 0 Å².